The molecule has 1 rings (SSSR count). The first kappa shape index (κ1) is 11.6. The molecule has 0 bridgehead atoms. The summed E-state index contributed by atoms with van der Waals surface area (Å²) >= 11 is 0. The largest absolute Gasteiger partial charge is 0.337 e. The number of aromatic nitrogens is 3. The van der Waals surface area contributed by atoms with Crippen LogP contribution in [0.5, 0.6) is 0 Å². The maximum Gasteiger partial charge on any atom is 0.236 e. The van der Waals surface area contributed by atoms with Gasteiger partial charge in [-0.3, -0.25) is 9.89 Å². The molecule has 1 aromatic rings. The van der Waals surface area contributed by atoms with Crippen LogP contribution in [0.2, 0.25) is 0 Å². The molecule has 0 radical (unpaired) electrons. The summed E-state index contributed by atoms with van der Waals surface area (Å²) in [6.07, 6.45) is 0. The van der Waals surface area contributed by atoms with Crippen molar-refractivity contribution in [3.8, 4) is 0 Å². The van der Waals surface area contributed by atoms with Crippen LogP contribution in [0.15, 0.2) is 0 Å². The second-order valence-electron chi connectivity index (χ2n) is 3.82. The number of hydrogen-bond acceptors (Lipinski definition) is 4. The Morgan fingerprint density at radius 2 is 2.07 bits per heavy atom. The van der Waals surface area contributed by atoms with Crippen molar-refractivity contribution >= 4 is 5.91 Å². The normalized spacial score (nSPS) is 10.7. The zero-order valence-corrected chi connectivity index (χ0v) is 9.61. The fourth-order valence-electron chi connectivity index (χ4n) is 1.15. The van der Waals surface area contributed by atoms with Gasteiger partial charge in [0.15, 0.2) is 5.82 Å². The molecule has 1 N–H and O–H groups in total. The Labute approximate surface area is 89.3 Å². The van der Waals surface area contributed by atoms with Crippen molar-refractivity contribution in [2.24, 2.45) is 0 Å². The van der Waals surface area contributed by atoms with Crippen molar-refractivity contribution in [3.05, 3.63) is 11.6 Å². The summed E-state index contributed by atoms with van der Waals surface area (Å²) in [5, 5.41) is 6.72. The minimum Gasteiger partial charge on any atom is -0.337 e. The third-order valence-electron chi connectivity index (χ3n) is 1.90. The molecule has 0 aliphatic carbocycles. The molecule has 0 aliphatic heterocycles. The van der Waals surface area contributed by atoms with Crippen molar-refractivity contribution in [1.29, 1.82) is 0 Å². The van der Waals surface area contributed by atoms with E-state index in [2.05, 4.69) is 15.2 Å². The van der Waals surface area contributed by atoms with Crippen molar-refractivity contribution in [2.45, 2.75) is 13.5 Å². The molecule has 0 unspecified atom stereocenters. The van der Waals surface area contributed by atoms with Gasteiger partial charge in [-0.2, -0.15) is 5.10 Å². The van der Waals surface area contributed by atoms with Gasteiger partial charge in [-0.05, 0) is 21.0 Å². The topological polar surface area (TPSA) is 65.1 Å². The van der Waals surface area contributed by atoms with Gasteiger partial charge >= 0.3 is 0 Å². The maximum atomic E-state index is 11.6. The Kier molecular flexibility index (Phi) is 3.79. The molecule has 84 valence electrons. The zero-order chi connectivity index (χ0) is 11.4. The minimum atomic E-state index is 0.0578. The third-order valence-corrected chi connectivity index (χ3v) is 1.90. The summed E-state index contributed by atoms with van der Waals surface area (Å²) in [5.41, 5.74) is 0. The molecule has 0 fully saturated rings. The molecule has 0 aliphatic rings. The fourth-order valence-corrected chi connectivity index (χ4v) is 1.15. The van der Waals surface area contributed by atoms with Crippen molar-refractivity contribution in [1.82, 2.24) is 25.0 Å². The van der Waals surface area contributed by atoms with Gasteiger partial charge < -0.3 is 9.80 Å². The van der Waals surface area contributed by atoms with Crippen LogP contribution in [0, 0.1) is 6.92 Å². The SMILES string of the molecule is Cc1nc(CN(C)C(=O)CN(C)C)n[nH]1. The average molecular weight is 211 g/mol. The molecular formula is C9H17N5O. The molecule has 15 heavy (non-hydrogen) atoms. The van der Waals surface area contributed by atoms with E-state index in [0.717, 1.165) is 5.82 Å². The molecule has 0 aromatic carbocycles. The highest BCUT2D eigenvalue weighted by Gasteiger charge is 2.11. The van der Waals surface area contributed by atoms with Gasteiger partial charge in [0.05, 0.1) is 13.1 Å². The molecule has 6 nitrogen and oxygen atoms in total. The van der Waals surface area contributed by atoms with Gasteiger partial charge in [-0.25, -0.2) is 4.98 Å². The molecule has 1 heterocycles. The molecule has 0 saturated heterocycles. The van der Waals surface area contributed by atoms with Crippen LogP contribution < -0.4 is 0 Å². The van der Waals surface area contributed by atoms with E-state index in [1.165, 1.54) is 0 Å². The highest BCUT2D eigenvalue weighted by molar-refractivity contribution is 5.77. The lowest BCUT2D eigenvalue weighted by molar-refractivity contribution is -0.131. The van der Waals surface area contributed by atoms with Crippen LogP contribution in [0.1, 0.15) is 11.6 Å². The van der Waals surface area contributed by atoms with E-state index < -0.39 is 0 Å². The van der Waals surface area contributed by atoms with Crippen LogP contribution in [0.3, 0.4) is 0 Å². The van der Waals surface area contributed by atoms with E-state index in [9.17, 15) is 4.79 Å². The molecule has 6 heteroatoms. The third kappa shape index (κ3) is 3.67. The Morgan fingerprint density at radius 1 is 1.40 bits per heavy atom. The quantitative estimate of drug-likeness (QED) is 0.738. The van der Waals surface area contributed by atoms with E-state index in [4.69, 9.17) is 0 Å². The highest BCUT2D eigenvalue weighted by Crippen LogP contribution is 1.97. The minimum absolute atomic E-state index is 0.0578. The number of likely N-dealkylation sites (N-methyl/N-ethyl adjacent to an activating group) is 2. The summed E-state index contributed by atoms with van der Waals surface area (Å²) in [6.45, 7) is 2.68. The van der Waals surface area contributed by atoms with Crippen LogP contribution in [-0.2, 0) is 11.3 Å². The zero-order valence-electron chi connectivity index (χ0n) is 9.61. The van der Waals surface area contributed by atoms with Crippen LogP contribution in [-0.4, -0.2) is 58.6 Å². The highest BCUT2D eigenvalue weighted by atomic mass is 16.2. The number of carbonyl (C=O) groups is 1. The summed E-state index contributed by atoms with van der Waals surface area (Å²) < 4.78 is 0. The number of carbonyl (C=O) groups excluding carboxylic acids is 1. The smallest absolute Gasteiger partial charge is 0.236 e. The van der Waals surface area contributed by atoms with Gasteiger partial charge in [-0.1, -0.05) is 0 Å². The van der Waals surface area contributed by atoms with Crippen LogP contribution >= 0.6 is 0 Å². The van der Waals surface area contributed by atoms with Gasteiger partial charge in [0.25, 0.3) is 0 Å². The Balaban J connectivity index is 2.48. The summed E-state index contributed by atoms with van der Waals surface area (Å²) in [7, 11) is 5.48. The Morgan fingerprint density at radius 3 is 2.53 bits per heavy atom. The lowest BCUT2D eigenvalue weighted by Crippen LogP contribution is -2.34. The van der Waals surface area contributed by atoms with Crippen LogP contribution in [0.25, 0.3) is 0 Å². The number of nitrogens with one attached hydrogen (secondary N) is 1. The summed E-state index contributed by atoms with van der Waals surface area (Å²) in [4.78, 5) is 19.2. The van der Waals surface area contributed by atoms with Crippen molar-refractivity contribution in [2.75, 3.05) is 27.7 Å². The number of rotatable bonds is 4. The number of aromatic amines is 1. The Hall–Kier alpha value is -1.43. The Bertz CT molecular complexity index is 333. The van der Waals surface area contributed by atoms with Gasteiger partial charge in [0.1, 0.15) is 5.82 Å². The molecular weight excluding hydrogens is 194 g/mol. The predicted octanol–water partition coefficient (Wildman–Crippen LogP) is -0.367. The average Bonchev–Trinajstić information content (AvgIpc) is 2.50. The molecule has 0 spiro atoms. The van der Waals surface area contributed by atoms with E-state index in [1.54, 1.807) is 11.9 Å². The standard InChI is InChI=1S/C9H17N5O/c1-7-10-8(12-11-7)5-14(4)9(15)6-13(2)3/h5-6H2,1-4H3,(H,10,11,12). The number of hydrogen-bond donors (Lipinski definition) is 1. The van der Waals surface area contributed by atoms with Crippen molar-refractivity contribution in [3.63, 3.8) is 0 Å². The summed E-state index contributed by atoms with van der Waals surface area (Å²) in [6, 6.07) is 0. The fraction of sp³-hybridized carbons (Fsp3) is 0.667. The molecule has 0 saturated carbocycles. The second-order valence-corrected chi connectivity index (χ2v) is 3.82. The predicted molar refractivity (Wildman–Crippen MR) is 56.1 cm³/mol. The second kappa shape index (κ2) is 4.88. The lowest BCUT2D eigenvalue weighted by Gasteiger charge is -2.17. The molecule has 0 atom stereocenters. The first-order valence-corrected chi connectivity index (χ1v) is 4.75. The van der Waals surface area contributed by atoms with Crippen molar-refractivity contribution < 1.29 is 4.79 Å². The van der Waals surface area contributed by atoms with Gasteiger partial charge in [0.2, 0.25) is 5.91 Å². The van der Waals surface area contributed by atoms with E-state index >= 15 is 0 Å². The molecule has 1 amide bonds. The maximum absolute atomic E-state index is 11.6. The lowest BCUT2D eigenvalue weighted by atomic mass is 10.4. The van der Waals surface area contributed by atoms with E-state index in [1.807, 2.05) is 25.9 Å². The number of H-pyrrole nitrogens is 1. The first-order chi connectivity index (χ1) is 6.99. The number of nitrogens with zero attached hydrogens (tertiary/aromatic N) is 4. The van der Waals surface area contributed by atoms with E-state index in [-0.39, 0.29) is 5.91 Å². The van der Waals surface area contributed by atoms with Gasteiger partial charge in [-0.15, -0.1) is 0 Å². The molecule has 1 aromatic heterocycles. The van der Waals surface area contributed by atoms with Crippen LogP contribution in [0.4, 0.5) is 0 Å². The van der Waals surface area contributed by atoms with Gasteiger partial charge in [0, 0.05) is 7.05 Å². The number of amides is 1. The number of aryl methyl sites for hydroxylation is 1. The first-order valence-electron chi connectivity index (χ1n) is 4.75. The monoisotopic (exact) mass is 211 g/mol. The van der Waals surface area contributed by atoms with E-state index in [0.29, 0.717) is 18.9 Å². The summed E-state index contributed by atoms with van der Waals surface area (Å²) in [5.74, 6) is 1.46.